The number of hydrogen-bond acceptors (Lipinski definition) is 3. The van der Waals surface area contributed by atoms with Crippen molar-refractivity contribution in [3.8, 4) is 0 Å². The lowest BCUT2D eigenvalue weighted by Crippen LogP contribution is -1.96. The van der Waals surface area contributed by atoms with E-state index in [9.17, 15) is 0 Å². The molecule has 2 nitrogen and oxygen atoms in total. The average Bonchev–Trinajstić information content (AvgIpc) is 1.97. The summed E-state index contributed by atoms with van der Waals surface area (Å²) in [5.74, 6) is 1.44. The van der Waals surface area contributed by atoms with Crippen molar-refractivity contribution in [2.24, 2.45) is 0 Å². The standard InChI is InChI=1S/C6H13ClO2S/c1-2-4-8-6-9-10-5-3-7/h2-6H2,1H3. The van der Waals surface area contributed by atoms with E-state index in [1.807, 2.05) is 0 Å². The van der Waals surface area contributed by atoms with Crippen molar-refractivity contribution in [2.75, 3.05) is 25.0 Å². The van der Waals surface area contributed by atoms with Crippen LogP contribution in [-0.4, -0.2) is 25.0 Å². The highest BCUT2D eigenvalue weighted by atomic mass is 35.5. The van der Waals surface area contributed by atoms with E-state index in [-0.39, 0.29) is 0 Å². The third-order valence-electron chi connectivity index (χ3n) is 0.724. The highest BCUT2D eigenvalue weighted by Gasteiger charge is 1.87. The molecule has 0 bridgehead atoms. The Morgan fingerprint density at radius 3 is 2.90 bits per heavy atom. The van der Waals surface area contributed by atoms with Gasteiger partial charge in [0.1, 0.15) is 0 Å². The van der Waals surface area contributed by atoms with Gasteiger partial charge in [-0.25, -0.2) is 0 Å². The summed E-state index contributed by atoms with van der Waals surface area (Å²) in [4.78, 5) is 0. The fourth-order valence-corrected chi connectivity index (χ4v) is 0.868. The van der Waals surface area contributed by atoms with E-state index in [2.05, 4.69) is 6.92 Å². The molecule has 0 unspecified atom stereocenters. The van der Waals surface area contributed by atoms with Crippen LogP contribution in [0.15, 0.2) is 0 Å². The topological polar surface area (TPSA) is 18.5 Å². The normalized spacial score (nSPS) is 10.2. The molecule has 0 aliphatic rings. The first-order chi connectivity index (χ1) is 4.91. The minimum atomic E-state index is 0.370. The summed E-state index contributed by atoms with van der Waals surface area (Å²) >= 11 is 6.75. The highest BCUT2D eigenvalue weighted by molar-refractivity contribution is 7.94. The molecule has 10 heavy (non-hydrogen) atoms. The van der Waals surface area contributed by atoms with Crippen LogP contribution in [0.4, 0.5) is 0 Å². The Balaban J connectivity index is 2.65. The van der Waals surface area contributed by atoms with E-state index in [0.29, 0.717) is 12.7 Å². The van der Waals surface area contributed by atoms with E-state index in [1.165, 1.54) is 12.0 Å². The van der Waals surface area contributed by atoms with Gasteiger partial charge in [-0.2, -0.15) is 0 Å². The molecule has 0 aromatic rings. The molecule has 0 fully saturated rings. The molecular formula is C6H13ClO2S. The minimum Gasteiger partial charge on any atom is -0.354 e. The Bertz CT molecular complexity index is 55.7. The second-order valence-corrected chi connectivity index (χ2v) is 2.91. The monoisotopic (exact) mass is 184 g/mol. The van der Waals surface area contributed by atoms with Gasteiger partial charge in [-0.15, -0.1) is 11.6 Å². The smallest absolute Gasteiger partial charge is 0.160 e. The Morgan fingerprint density at radius 1 is 1.50 bits per heavy atom. The predicted octanol–water partition coefficient (Wildman–Crippen LogP) is 2.27. The fraction of sp³-hybridized carbons (Fsp3) is 1.00. The first kappa shape index (κ1) is 10.6. The summed E-state index contributed by atoms with van der Waals surface area (Å²) in [7, 11) is 0. The van der Waals surface area contributed by atoms with Crippen molar-refractivity contribution in [2.45, 2.75) is 13.3 Å². The van der Waals surface area contributed by atoms with Gasteiger partial charge in [-0.05, 0) is 18.5 Å². The molecule has 0 aromatic carbocycles. The Morgan fingerprint density at radius 2 is 2.30 bits per heavy atom. The number of alkyl halides is 1. The summed E-state index contributed by atoms with van der Waals surface area (Å²) in [5, 5.41) is 0. The zero-order valence-corrected chi connectivity index (χ0v) is 7.71. The molecular weight excluding hydrogens is 172 g/mol. The maximum atomic E-state index is 5.40. The van der Waals surface area contributed by atoms with Crippen molar-refractivity contribution in [3.05, 3.63) is 0 Å². The first-order valence-electron chi connectivity index (χ1n) is 3.30. The lowest BCUT2D eigenvalue weighted by Gasteiger charge is -2.00. The largest absolute Gasteiger partial charge is 0.354 e. The van der Waals surface area contributed by atoms with Gasteiger partial charge >= 0.3 is 0 Å². The van der Waals surface area contributed by atoms with E-state index in [0.717, 1.165) is 18.8 Å². The summed E-state index contributed by atoms with van der Waals surface area (Å²) in [5.41, 5.74) is 0. The SMILES string of the molecule is CCCOCOSCCCl. The van der Waals surface area contributed by atoms with E-state index in [1.54, 1.807) is 0 Å². The Kier molecular flexibility index (Phi) is 10.1. The second-order valence-electron chi connectivity index (χ2n) is 1.65. The number of rotatable bonds is 7. The zero-order chi connectivity index (χ0) is 7.66. The molecule has 0 saturated carbocycles. The van der Waals surface area contributed by atoms with Gasteiger partial charge in [0.25, 0.3) is 0 Å². The number of halogens is 1. The van der Waals surface area contributed by atoms with Gasteiger partial charge in [0.2, 0.25) is 0 Å². The maximum Gasteiger partial charge on any atom is 0.160 e. The van der Waals surface area contributed by atoms with Crippen LogP contribution in [0, 0.1) is 0 Å². The van der Waals surface area contributed by atoms with Crippen LogP contribution in [0.25, 0.3) is 0 Å². The van der Waals surface area contributed by atoms with Gasteiger partial charge in [-0.3, -0.25) is 4.18 Å². The fourth-order valence-electron chi connectivity index (χ4n) is 0.362. The quantitative estimate of drug-likeness (QED) is 0.262. The van der Waals surface area contributed by atoms with Crippen LogP contribution >= 0.6 is 23.6 Å². The van der Waals surface area contributed by atoms with Crippen LogP contribution in [0.3, 0.4) is 0 Å². The average molecular weight is 185 g/mol. The van der Waals surface area contributed by atoms with E-state index < -0.39 is 0 Å². The minimum absolute atomic E-state index is 0.370. The highest BCUT2D eigenvalue weighted by Crippen LogP contribution is 2.02. The Hall–Kier alpha value is 0.560. The van der Waals surface area contributed by atoms with Crippen molar-refractivity contribution in [1.29, 1.82) is 0 Å². The number of ether oxygens (including phenoxy) is 1. The molecule has 0 atom stereocenters. The van der Waals surface area contributed by atoms with Crippen LogP contribution in [0.2, 0.25) is 0 Å². The van der Waals surface area contributed by atoms with Crippen molar-refractivity contribution >= 4 is 23.6 Å². The van der Waals surface area contributed by atoms with E-state index in [4.69, 9.17) is 20.5 Å². The molecule has 0 saturated heterocycles. The first-order valence-corrected chi connectivity index (χ1v) is 4.74. The molecule has 0 aromatic heterocycles. The zero-order valence-electron chi connectivity index (χ0n) is 6.14. The molecule has 0 spiro atoms. The lowest BCUT2D eigenvalue weighted by atomic mass is 10.5. The van der Waals surface area contributed by atoms with Crippen LogP contribution in [0.5, 0.6) is 0 Å². The second kappa shape index (κ2) is 9.56. The molecule has 4 heteroatoms. The van der Waals surface area contributed by atoms with Gasteiger partial charge in [-0.1, -0.05) is 6.92 Å². The molecule has 0 aliphatic heterocycles. The lowest BCUT2D eigenvalue weighted by molar-refractivity contribution is 0.0284. The number of hydrogen-bond donors (Lipinski definition) is 0. The van der Waals surface area contributed by atoms with Crippen molar-refractivity contribution in [1.82, 2.24) is 0 Å². The van der Waals surface area contributed by atoms with Gasteiger partial charge in [0, 0.05) is 18.2 Å². The van der Waals surface area contributed by atoms with Crippen LogP contribution in [-0.2, 0) is 8.92 Å². The Labute approximate surface area is 71.4 Å². The third kappa shape index (κ3) is 8.56. The molecule has 0 amide bonds. The van der Waals surface area contributed by atoms with E-state index >= 15 is 0 Å². The summed E-state index contributed by atoms with van der Waals surface area (Å²) in [6.07, 6.45) is 1.03. The molecule has 0 radical (unpaired) electrons. The third-order valence-corrected chi connectivity index (χ3v) is 1.77. The predicted molar refractivity (Wildman–Crippen MR) is 45.4 cm³/mol. The summed E-state index contributed by atoms with van der Waals surface area (Å²) in [6, 6.07) is 0. The maximum absolute atomic E-state index is 5.40. The molecule has 0 rings (SSSR count). The summed E-state index contributed by atoms with van der Waals surface area (Å²) < 4.78 is 10.0. The van der Waals surface area contributed by atoms with Gasteiger partial charge in [0.05, 0.1) is 0 Å². The van der Waals surface area contributed by atoms with Crippen LogP contribution < -0.4 is 0 Å². The molecule has 0 aliphatic carbocycles. The molecule has 0 heterocycles. The summed E-state index contributed by atoms with van der Waals surface area (Å²) in [6.45, 7) is 3.20. The van der Waals surface area contributed by atoms with Gasteiger partial charge < -0.3 is 4.74 Å². The van der Waals surface area contributed by atoms with Crippen LogP contribution in [0.1, 0.15) is 13.3 Å². The molecule has 0 N–H and O–H groups in total. The van der Waals surface area contributed by atoms with Crippen molar-refractivity contribution in [3.63, 3.8) is 0 Å². The van der Waals surface area contributed by atoms with Crippen molar-refractivity contribution < 1.29 is 8.92 Å². The molecule has 62 valence electrons. The van der Waals surface area contributed by atoms with Gasteiger partial charge in [0.15, 0.2) is 6.79 Å².